The Morgan fingerprint density at radius 1 is 1.15 bits per heavy atom. The molecule has 27 heavy (non-hydrogen) atoms. The van der Waals surface area contributed by atoms with Crippen molar-refractivity contribution in [1.29, 1.82) is 0 Å². The van der Waals surface area contributed by atoms with Crippen LogP contribution >= 0.6 is 11.8 Å². The van der Waals surface area contributed by atoms with E-state index in [1.165, 1.54) is 43.9 Å². The molecule has 0 radical (unpaired) electrons. The smallest absolute Gasteiger partial charge is 0.304 e. The van der Waals surface area contributed by atoms with E-state index in [-0.39, 0.29) is 11.7 Å². The molecule has 1 atom stereocenters. The number of hydrogen-bond acceptors (Lipinski definition) is 5. The number of aryl methyl sites for hydroxylation is 1. The van der Waals surface area contributed by atoms with Gasteiger partial charge in [-0.15, -0.1) is 10.2 Å². The van der Waals surface area contributed by atoms with Gasteiger partial charge in [0.1, 0.15) is 0 Å². The first-order chi connectivity index (χ1) is 13.2. The van der Waals surface area contributed by atoms with Crippen LogP contribution in [0, 0.1) is 5.92 Å². The lowest BCUT2D eigenvalue weighted by atomic mass is 9.86. The van der Waals surface area contributed by atoms with Gasteiger partial charge in [0.25, 0.3) is 0 Å². The Hall–Kier alpha value is -2.15. The number of thioether (sulfide) groups is 1. The number of fused-ring (bicyclic) bond motifs is 1. The second-order valence-corrected chi connectivity index (χ2v) is 8.48. The summed E-state index contributed by atoms with van der Waals surface area (Å²) in [7, 11) is 0. The summed E-state index contributed by atoms with van der Waals surface area (Å²) in [6, 6.07) is 9.81. The van der Waals surface area contributed by atoms with E-state index in [0.29, 0.717) is 5.16 Å². The first-order valence-corrected chi connectivity index (χ1v) is 10.6. The molecule has 1 aliphatic carbocycles. The molecule has 6 nitrogen and oxygen atoms in total. The van der Waals surface area contributed by atoms with Gasteiger partial charge in [0.2, 0.25) is 5.16 Å². The summed E-state index contributed by atoms with van der Waals surface area (Å²) in [5.41, 5.74) is 1.74. The fraction of sp³-hybridized carbons (Fsp3) is 0.500. The monoisotopic (exact) mass is 384 g/mol. The molecule has 0 spiro atoms. The topological polar surface area (TPSA) is 80.4 Å². The van der Waals surface area contributed by atoms with E-state index in [1.54, 1.807) is 0 Å². The molecule has 2 aliphatic rings. The third-order valence-electron chi connectivity index (χ3n) is 5.37. The highest BCUT2D eigenvalue weighted by Crippen LogP contribution is 2.33. The van der Waals surface area contributed by atoms with E-state index >= 15 is 0 Å². The van der Waals surface area contributed by atoms with Crippen LogP contribution in [0.4, 0.5) is 0 Å². The number of nitrogens with zero attached hydrogens (tertiary/aromatic N) is 4. The van der Waals surface area contributed by atoms with Gasteiger partial charge in [0, 0.05) is 6.42 Å². The van der Waals surface area contributed by atoms with E-state index in [4.69, 9.17) is 5.10 Å². The number of carboxylic acid groups (broad SMARTS) is 1. The summed E-state index contributed by atoms with van der Waals surface area (Å²) >= 11 is 1.45. The lowest BCUT2D eigenvalue weighted by Gasteiger charge is -2.23. The Labute approximate surface area is 163 Å². The van der Waals surface area contributed by atoms with Crippen molar-refractivity contribution < 1.29 is 9.90 Å². The Morgan fingerprint density at radius 3 is 2.67 bits per heavy atom. The average Bonchev–Trinajstić information content (AvgIpc) is 3.08. The average molecular weight is 385 g/mol. The maximum atomic E-state index is 11.3. The Morgan fingerprint density at radius 2 is 1.93 bits per heavy atom. The second kappa shape index (κ2) is 8.25. The SMILES string of the molecule is O=C(O)C[C@@H]1Sc2nnc(CCC3CCCCC3)n2N=C1c1ccccc1. The highest BCUT2D eigenvalue weighted by Gasteiger charge is 2.30. The Bertz CT molecular complexity index is 828. The molecular weight excluding hydrogens is 360 g/mol. The van der Waals surface area contributed by atoms with Gasteiger partial charge in [0.15, 0.2) is 5.82 Å². The van der Waals surface area contributed by atoms with Crippen LogP contribution in [0.5, 0.6) is 0 Å². The van der Waals surface area contributed by atoms with Crippen molar-refractivity contribution in [2.75, 3.05) is 0 Å². The summed E-state index contributed by atoms with van der Waals surface area (Å²) in [4.78, 5) is 11.3. The van der Waals surface area contributed by atoms with Crippen molar-refractivity contribution in [3.63, 3.8) is 0 Å². The number of benzene rings is 1. The molecule has 4 rings (SSSR count). The molecule has 142 valence electrons. The van der Waals surface area contributed by atoms with E-state index in [9.17, 15) is 9.90 Å². The van der Waals surface area contributed by atoms with Crippen LogP contribution in [0.2, 0.25) is 0 Å². The maximum absolute atomic E-state index is 11.3. The van der Waals surface area contributed by atoms with Gasteiger partial charge < -0.3 is 5.11 Å². The minimum absolute atomic E-state index is 0.0165. The van der Waals surface area contributed by atoms with Crippen LogP contribution < -0.4 is 0 Å². The third-order valence-corrected chi connectivity index (χ3v) is 6.51. The fourth-order valence-corrected chi connectivity index (χ4v) is 5.05. The zero-order valence-electron chi connectivity index (χ0n) is 15.3. The predicted molar refractivity (Wildman–Crippen MR) is 105 cm³/mol. The molecule has 7 heteroatoms. The van der Waals surface area contributed by atoms with Crippen LogP contribution in [-0.2, 0) is 11.2 Å². The molecule has 2 aromatic rings. The van der Waals surface area contributed by atoms with Crippen molar-refractivity contribution in [1.82, 2.24) is 14.9 Å². The normalized spacial score (nSPS) is 20.1. The molecule has 0 amide bonds. The van der Waals surface area contributed by atoms with Crippen molar-refractivity contribution in [3.05, 3.63) is 41.7 Å². The maximum Gasteiger partial charge on any atom is 0.304 e. The third kappa shape index (κ3) is 4.24. The lowest BCUT2D eigenvalue weighted by Crippen LogP contribution is -2.27. The quantitative estimate of drug-likeness (QED) is 0.814. The number of aliphatic carboxylic acids is 1. The van der Waals surface area contributed by atoms with Gasteiger partial charge in [-0.1, -0.05) is 74.2 Å². The predicted octanol–water partition coefficient (Wildman–Crippen LogP) is 3.99. The van der Waals surface area contributed by atoms with Crippen molar-refractivity contribution in [2.45, 2.75) is 61.8 Å². The van der Waals surface area contributed by atoms with Crippen LogP contribution in [0.3, 0.4) is 0 Å². The summed E-state index contributed by atoms with van der Waals surface area (Å²) in [6.07, 6.45) is 8.68. The number of rotatable bonds is 6. The van der Waals surface area contributed by atoms with Gasteiger partial charge in [-0.05, 0) is 17.9 Å². The van der Waals surface area contributed by atoms with Gasteiger partial charge in [-0.3, -0.25) is 4.79 Å². The van der Waals surface area contributed by atoms with Gasteiger partial charge in [0.05, 0.1) is 17.4 Å². The summed E-state index contributed by atoms with van der Waals surface area (Å²) < 4.78 is 1.83. The zero-order chi connectivity index (χ0) is 18.6. The first-order valence-electron chi connectivity index (χ1n) is 9.68. The molecule has 1 saturated carbocycles. The molecule has 1 aromatic heterocycles. The number of carbonyl (C=O) groups is 1. The van der Waals surface area contributed by atoms with Gasteiger partial charge >= 0.3 is 5.97 Å². The molecule has 1 aromatic carbocycles. The summed E-state index contributed by atoms with van der Waals surface area (Å²) in [5.74, 6) is 0.826. The number of hydrogen-bond donors (Lipinski definition) is 1. The number of aromatic nitrogens is 3. The van der Waals surface area contributed by atoms with E-state index in [1.807, 2.05) is 35.0 Å². The molecule has 1 aliphatic heterocycles. The highest BCUT2D eigenvalue weighted by molar-refractivity contribution is 8.00. The van der Waals surface area contributed by atoms with Crippen molar-refractivity contribution in [3.8, 4) is 0 Å². The fourth-order valence-electron chi connectivity index (χ4n) is 3.94. The van der Waals surface area contributed by atoms with Gasteiger partial charge in [-0.25, -0.2) is 0 Å². The largest absolute Gasteiger partial charge is 0.481 e. The van der Waals surface area contributed by atoms with Crippen molar-refractivity contribution >= 4 is 23.4 Å². The molecule has 0 unspecified atom stereocenters. The van der Waals surface area contributed by atoms with E-state index in [2.05, 4.69) is 10.2 Å². The Kier molecular flexibility index (Phi) is 5.57. The van der Waals surface area contributed by atoms with Crippen LogP contribution in [0.1, 0.15) is 56.3 Å². The molecule has 2 heterocycles. The molecule has 0 saturated heterocycles. The molecule has 1 fully saturated rings. The van der Waals surface area contributed by atoms with Crippen molar-refractivity contribution in [2.24, 2.45) is 11.0 Å². The van der Waals surface area contributed by atoms with Crippen LogP contribution in [0.15, 0.2) is 40.6 Å². The minimum Gasteiger partial charge on any atom is -0.481 e. The van der Waals surface area contributed by atoms with E-state index < -0.39 is 5.97 Å². The summed E-state index contributed by atoms with van der Waals surface area (Å²) in [5, 5.41) is 23.2. The van der Waals surface area contributed by atoms with Gasteiger partial charge in [-0.2, -0.15) is 9.78 Å². The lowest BCUT2D eigenvalue weighted by molar-refractivity contribution is -0.136. The highest BCUT2D eigenvalue weighted by atomic mass is 32.2. The zero-order valence-corrected chi connectivity index (χ0v) is 16.1. The first kappa shape index (κ1) is 18.2. The van der Waals surface area contributed by atoms with Crippen LogP contribution in [0.25, 0.3) is 0 Å². The molecule has 0 bridgehead atoms. The van der Waals surface area contributed by atoms with E-state index in [0.717, 1.165) is 35.9 Å². The number of carboxylic acids is 1. The molecular formula is C20H24N4O2S. The Balaban J connectivity index is 1.59. The standard InChI is InChI=1S/C20H24N4O2S/c25-18(26)13-16-19(15-9-5-2-6-10-15)23-24-17(21-22-20(24)27-16)12-11-14-7-3-1-4-8-14/h2,5-6,9-10,14,16H,1,3-4,7-8,11-13H2,(H,25,26)/t16-/m0/s1. The second-order valence-electron chi connectivity index (χ2n) is 7.31. The molecule has 1 N–H and O–H groups in total. The minimum atomic E-state index is -0.832. The summed E-state index contributed by atoms with van der Waals surface area (Å²) in [6.45, 7) is 0. The van der Waals surface area contributed by atoms with Crippen LogP contribution in [-0.4, -0.2) is 36.9 Å².